The van der Waals surface area contributed by atoms with Crippen molar-refractivity contribution in [1.82, 2.24) is 5.43 Å². The quantitative estimate of drug-likeness (QED) is 0.683. The Bertz CT molecular complexity index is 447. The molecule has 1 rings (SSSR count). The van der Waals surface area contributed by atoms with Gasteiger partial charge in [-0.2, -0.15) is 5.10 Å². The zero-order valence-corrected chi connectivity index (χ0v) is 11.4. The molecule has 1 aromatic rings. The Morgan fingerprint density at radius 2 is 1.94 bits per heavy atom. The zero-order chi connectivity index (χ0) is 12.8. The van der Waals surface area contributed by atoms with E-state index in [2.05, 4.69) is 26.5 Å². The van der Waals surface area contributed by atoms with Crippen LogP contribution in [0.15, 0.2) is 21.7 Å². The lowest BCUT2D eigenvalue weighted by Gasteiger charge is -2.09. The fourth-order valence-corrected chi connectivity index (χ4v) is 1.59. The van der Waals surface area contributed by atoms with Crippen LogP contribution in [0, 0.1) is 0 Å². The summed E-state index contributed by atoms with van der Waals surface area (Å²) in [7, 11) is 3.12. The van der Waals surface area contributed by atoms with Crippen molar-refractivity contribution in [1.29, 1.82) is 0 Å². The second-order valence-corrected chi connectivity index (χ2v) is 4.01. The second kappa shape index (κ2) is 6.24. The zero-order valence-electron chi connectivity index (χ0n) is 9.78. The number of carbonyl (C=O) groups is 1. The largest absolute Gasteiger partial charge is 0.493 e. The summed E-state index contributed by atoms with van der Waals surface area (Å²) < 4.78 is 11.1. The van der Waals surface area contributed by atoms with Crippen molar-refractivity contribution in [3.8, 4) is 11.5 Å². The topological polar surface area (TPSA) is 59.9 Å². The van der Waals surface area contributed by atoms with Gasteiger partial charge in [-0.15, -0.1) is 0 Å². The molecule has 0 radical (unpaired) electrons. The highest BCUT2D eigenvalue weighted by atomic mass is 79.9. The Morgan fingerprint density at radius 3 is 2.47 bits per heavy atom. The standard InChI is InChI=1S/C11H13BrN2O3/c1-7(15)14-13-6-8-4-10(16-2)11(17-3)5-9(8)12/h4-6H,1-3H3,(H,14,15)/b13-6-. The molecule has 0 saturated heterocycles. The molecule has 0 bridgehead atoms. The van der Waals surface area contributed by atoms with Gasteiger partial charge in [-0.05, 0) is 28.1 Å². The molecule has 1 amide bonds. The summed E-state index contributed by atoms with van der Waals surface area (Å²) in [5, 5.41) is 3.78. The van der Waals surface area contributed by atoms with Crippen LogP contribution in [-0.2, 0) is 4.79 Å². The number of amides is 1. The normalized spacial score (nSPS) is 10.4. The molecule has 5 nitrogen and oxygen atoms in total. The molecule has 0 aliphatic carbocycles. The minimum Gasteiger partial charge on any atom is -0.493 e. The van der Waals surface area contributed by atoms with Crippen LogP contribution >= 0.6 is 15.9 Å². The summed E-state index contributed by atoms with van der Waals surface area (Å²) in [5.74, 6) is 0.994. The van der Waals surface area contributed by atoms with E-state index in [1.165, 1.54) is 13.1 Å². The third-order valence-corrected chi connectivity index (χ3v) is 2.62. The highest BCUT2D eigenvalue weighted by molar-refractivity contribution is 9.10. The lowest BCUT2D eigenvalue weighted by atomic mass is 10.2. The maximum absolute atomic E-state index is 10.7. The first-order valence-corrected chi connectivity index (χ1v) is 5.59. The number of halogens is 1. The van der Waals surface area contributed by atoms with Crippen molar-refractivity contribution in [2.45, 2.75) is 6.92 Å². The monoisotopic (exact) mass is 300 g/mol. The number of benzene rings is 1. The van der Waals surface area contributed by atoms with Crippen LogP contribution in [0.3, 0.4) is 0 Å². The Labute approximate surface area is 108 Å². The number of hydrazone groups is 1. The average Bonchev–Trinajstić information content (AvgIpc) is 2.30. The predicted octanol–water partition coefficient (Wildman–Crippen LogP) is 1.94. The number of methoxy groups -OCH3 is 2. The summed E-state index contributed by atoms with van der Waals surface area (Å²) >= 11 is 3.38. The lowest BCUT2D eigenvalue weighted by Crippen LogP contribution is -2.12. The predicted molar refractivity (Wildman–Crippen MR) is 68.7 cm³/mol. The highest BCUT2D eigenvalue weighted by Crippen LogP contribution is 2.32. The summed E-state index contributed by atoms with van der Waals surface area (Å²) in [5.41, 5.74) is 3.10. The van der Waals surface area contributed by atoms with Gasteiger partial charge < -0.3 is 9.47 Å². The molecule has 0 aliphatic heterocycles. The molecule has 0 atom stereocenters. The van der Waals surface area contributed by atoms with Gasteiger partial charge in [-0.3, -0.25) is 4.79 Å². The fourth-order valence-electron chi connectivity index (χ4n) is 1.16. The number of nitrogens with zero attached hydrogens (tertiary/aromatic N) is 1. The van der Waals surface area contributed by atoms with Gasteiger partial charge in [0.15, 0.2) is 11.5 Å². The first-order valence-electron chi connectivity index (χ1n) is 4.79. The van der Waals surface area contributed by atoms with Crippen LogP contribution in [0.1, 0.15) is 12.5 Å². The Balaban J connectivity index is 3.00. The van der Waals surface area contributed by atoms with Crippen LogP contribution < -0.4 is 14.9 Å². The molecule has 92 valence electrons. The van der Waals surface area contributed by atoms with Crippen LogP contribution in [0.5, 0.6) is 11.5 Å². The molecule has 6 heteroatoms. The van der Waals surface area contributed by atoms with E-state index in [4.69, 9.17) is 9.47 Å². The number of rotatable bonds is 4. The number of carbonyl (C=O) groups excluding carboxylic acids is 1. The van der Waals surface area contributed by atoms with Gasteiger partial charge >= 0.3 is 0 Å². The van der Waals surface area contributed by atoms with Crippen molar-refractivity contribution in [3.63, 3.8) is 0 Å². The van der Waals surface area contributed by atoms with Crippen LogP contribution in [-0.4, -0.2) is 26.3 Å². The molecule has 0 saturated carbocycles. The minimum absolute atomic E-state index is 0.224. The first-order chi connectivity index (χ1) is 8.08. The number of hydrogen-bond donors (Lipinski definition) is 1. The van der Waals surface area contributed by atoms with E-state index in [9.17, 15) is 4.79 Å². The van der Waals surface area contributed by atoms with Crippen molar-refractivity contribution < 1.29 is 14.3 Å². The second-order valence-electron chi connectivity index (χ2n) is 3.15. The van der Waals surface area contributed by atoms with E-state index in [1.807, 2.05) is 0 Å². The molecular formula is C11H13BrN2O3. The molecule has 0 aromatic heterocycles. The molecule has 0 heterocycles. The van der Waals surface area contributed by atoms with Gasteiger partial charge in [-0.25, -0.2) is 5.43 Å². The Kier molecular flexibility index (Phi) is 4.96. The van der Waals surface area contributed by atoms with E-state index in [-0.39, 0.29) is 5.91 Å². The molecule has 17 heavy (non-hydrogen) atoms. The summed E-state index contributed by atoms with van der Waals surface area (Å²) in [6, 6.07) is 3.53. The van der Waals surface area contributed by atoms with Crippen molar-refractivity contribution in [2.75, 3.05) is 14.2 Å². The van der Waals surface area contributed by atoms with Crippen LogP contribution in [0.2, 0.25) is 0 Å². The minimum atomic E-state index is -0.224. The van der Waals surface area contributed by atoms with Crippen LogP contribution in [0.4, 0.5) is 0 Å². The molecule has 1 N–H and O–H groups in total. The van der Waals surface area contributed by atoms with E-state index in [1.54, 1.807) is 26.4 Å². The Morgan fingerprint density at radius 1 is 1.35 bits per heavy atom. The van der Waals surface area contributed by atoms with Gasteiger partial charge in [0, 0.05) is 17.0 Å². The molecule has 0 fully saturated rings. The summed E-state index contributed by atoms with van der Waals surface area (Å²) in [4.78, 5) is 10.7. The molecule has 0 aliphatic rings. The van der Waals surface area contributed by atoms with Gasteiger partial charge in [-0.1, -0.05) is 0 Å². The van der Waals surface area contributed by atoms with Crippen LogP contribution in [0.25, 0.3) is 0 Å². The van der Waals surface area contributed by atoms with Crippen molar-refractivity contribution >= 4 is 28.1 Å². The average molecular weight is 301 g/mol. The van der Waals surface area contributed by atoms with Gasteiger partial charge in [0.25, 0.3) is 0 Å². The SMILES string of the molecule is COc1cc(Br)c(/C=N\NC(C)=O)cc1OC. The van der Waals surface area contributed by atoms with E-state index in [0.717, 1.165) is 10.0 Å². The third kappa shape index (κ3) is 3.74. The van der Waals surface area contributed by atoms with E-state index < -0.39 is 0 Å². The van der Waals surface area contributed by atoms with Crippen molar-refractivity contribution in [3.05, 3.63) is 22.2 Å². The molecule has 0 spiro atoms. The highest BCUT2D eigenvalue weighted by Gasteiger charge is 2.07. The van der Waals surface area contributed by atoms with Gasteiger partial charge in [0.2, 0.25) is 5.91 Å². The van der Waals surface area contributed by atoms with E-state index >= 15 is 0 Å². The number of hydrogen-bond acceptors (Lipinski definition) is 4. The maximum atomic E-state index is 10.7. The Hall–Kier alpha value is -1.56. The maximum Gasteiger partial charge on any atom is 0.236 e. The number of nitrogens with one attached hydrogen (secondary N) is 1. The first kappa shape index (κ1) is 13.5. The fraction of sp³-hybridized carbons (Fsp3) is 0.273. The third-order valence-electron chi connectivity index (χ3n) is 1.93. The molecule has 0 unspecified atom stereocenters. The summed E-state index contributed by atoms with van der Waals surface area (Å²) in [6.45, 7) is 1.39. The van der Waals surface area contributed by atoms with Gasteiger partial charge in [0.05, 0.1) is 20.4 Å². The smallest absolute Gasteiger partial charge is 0.236 e. The van der Waals surface area contributed by atoms with E-state index in [0.29, 0.717) is 11.5 Å². The number of ether oxygens (including phenoxy) is 2. The van der Waals surface area contributed by atoms with Gasteiger partial charge in [0.1, 0.15) is 0 Å². The molecule has 1 aromatic carbocycles. The summed E-state index contributed by atoms with van der Waals surface area (Å²) in [6.07, 6.45) is 1.52. The lowest BCUT2D eigenvalue weighted by molar-refractivity contribution is -0.118. The van der Waals surface area contributed by atoms with Crippen molar-refractivity contribution in [2.24, 2.45) is 5.10 Å². The molecular weight excluding hydrogens is 288 g/mol.